The van der Waals surface area contributed by atoms with Gasteiger partial charge in [-0.15, -0.1) is 0 Å². The first-order valence-corrected chi connectivity index (χ1v) is 5.31. The maximum Gasteiger partial charge on any atom is 0.341 e. The van der Waals surface area contributed by atoms with Crippen LogP contribution in [-0.4, -0.2) is 19.7 Å². The van der Waals surface area contributed by atoms with Gasteiger partial charge in [0.15, 0.2) is 0 Å². The molecule has 0 bridgehead atoms. The van der Waals surface area contributed by atoms with Crippen LogP contribution < -0.4 is 10.5 Å². The third-order valence-corrected chi connectivity index (χ3v) is 2.78. The Morgan fingerprint density at radius 3 is 3.06 bits per heavy atom. The van der Waals surface area contributed by atoms with Gasteiger partial charge in [-0.25, -0.2) is 4.79 Å². The van der Waals surface area contributed by atoms with Crippen LogP contribution in [0.3, 0.4) is 0 Å². The van der Waals surface area contributed by atoms with E-state index >= 15 is 0 Å². The van der Waals surface area contributed by atoms with E-state index < -0.39 is 5.97 Å². The number of nitrogens with two attached hydrogens (primary N) is 1. The minimum Gasteiger partial charge on any atom is -0.492 e. The number of fused-ring (bicyclic) bond motifs is 1. The van der Waals surface area contributed by atoms with Crippen molar-refractivity contribution in [2.24, 2.45) is 5.73 Å². The summed E-state index contributed by atoms with van der Waals surface area (Å²) < 4.78 is 10.1. The summed E-state index contributed by atoms with van der Waals surface area (Å²) in [5.74, 6) is 0.0304. The Morgan fingerprint density at radius 1 is 1.62 bits per heavy atom. The van der Waals surface area contributed by atoms with Crippen LogP contribution in [0.5, 0.6) is 5.75 Å². The van der Waals surface area contributed by atoms with Gasteiger partial charge in [-0.05, 0) is 12.1 Å². The second-order valence-electron chi connectivity index (χ2n) is 3.61. The molecule has 0 amide bonds. The van der Waals surface area contributed by atoms with Crippen molar-refractivity contribution < 1.29 is 14.3 Å². The summed E-state index contributed by atoms with van der Waals surface area (Å²) in [6.07, 6.45) is 0.716. The number of esters is 1. The second kappa shape index (κ2) is 4.31. The minimum atomic E-state index is -0.465. The molecule has 1 aromatic rings. The predicted octanol–water partition coefficient (Wildman–Crippen LogP) is 1.91. The van der Waals surface area contributed by atoms with Gasteiger partial charge in [0.05, 0.1) is 13.7 Å². The maximum absolute atomic E-state index is 11.5. The zero-order chi connectivity index (χ0) is 11.7. The first-order chi connectivity index (χ1) is 7.63. The van der Waals surface area contributed by atoms with Gasteiger partial charge >= 0.3 is 5.97 Å². The summed E-state index contributed by atoms with van der Waals surface area (Å²) in [5, 5.41) is 0.458. The predicted molar refractivity (Wildman–Crippen MR) is 59.8 cm³/mol. The third-order valence-electron chi connectivity index (χ3n) is 2.56. The molecule has 0 fully saturated rings. The molecule has 1 aliphatic rings. The van der Waals surface area contributed by atoms with Crippen molar-refractivity contribution in [2.45, 2.75) is 12.5 Å². The monoisotopic (exact) mass is 241 g/mol. The van der Waals surface area contributed by atoms with Gasteiger partial charge in [-0.1, -0.05) is 11.6 Å². The molecule has 1 unspecified atom stereocenters. The summed E-state index contributed by atoms with van der Waals surface area (Å²) in [4.78, 5) is 11.5. The Bertz CT molecular complexity index is 433. The highest BCUT2D eigenvalue weighted by Gasteiger charge is 2.25. The molecule has 0 saturated carbocycles. The van der Waals surface area contributed by atoms with Gasteiger partial charge in [0.2, 0.25) is 0 Å². The molecule has 1 aromatic carbocycles. The fraction of sp³-hybridized carbons (Fsp3) is 0.364. The highest BCUT2D eigenvalue weighted by molar-refractivity contribution is 6.31. The van der Waals surface area contributed by atoms with Crippen molar-refractivity contribution in [3.05, 3.63) is 28.3 Å². The maximum atomic E-state index is 11.5. The fourth-order valence-corrected chi connectivity index (χ4v) is 1.98. The Morgan fingerprint density at radius 2 is 2.38 bits per heavy atom. The van der Waals surface area contributed by atoms with Crippen molar-refractivity contribution in [2.75, 3.05) is 13.7 Å². The van der Waals surface area contributed by atoms with Gasteiger partial charge in [0.1, 0.15) is 11.3 Å². The summed E-state index contributed by atoms with van der Waals surface area (Å²) in [5.41, 5.74) is 7.03. The normalized spacial score (nSPS) is 18.6. The molecule has 0 spiro atoms. The number of carbonyl (C=O) groups is 1. The lowest BCUT2D eigenvalue weighted by atomic mass is 9.98. The molecular weight excluding hydrogens is 230 g/mol. The van der Waals surface area contributed by atoms with E-state index in [9.17, 15) is 4.79 Å². The van der Waals surface area contributed by atoms with E-state index in [1.54, 1.807) is 6.07 Å². The highest BCUT2D eigenvalue weighted by Crippen LogP contribution is 2.36. The van der Waals surface area contributed by atoms with E-state index in [-0.39, 0.29) is 6.04 Å². The molecule has 0 aromatic heterocycles. The van der Waals surface area contributed by atoms with E-state index in [4.69, 9.17) is 22.1 Å². The number of rotatable bonds is 1. The van der Waals surface area contributed by atoms with Crippen LogP contribution in [0, 0.1) is 0 Å². The smallest absolute Gasteiger partial charge is 0.341 e. The molecule has 0 radical (unpaired) electrons. The van der Waals surface area contributed by atoms with E-state index in [2.05, 4.69) is 4.74 Å². The SMILES string of the molecule is COC(=O)c1cc(Cl)cc2c1OCCC2N. The van der Waals surface area contributed by atoms with E-state index in [1.165, 1.54) is 13.2 Å². The zero-order valence-electron chi connectivity index (χ0n) is 8.83. The van der Waals surface area contributed by atoms with E-state index in [0.29, 0.717) is 29.4 Å². The zero-order valence-corrected chi connectivity index (χ0v) is 9.58. The first-order valence-electron chi connectivity index (χ1n) is 4.93. The van der Waals surface area contributed by atoms with Gasteiger partial charge < -0.3 is 15.2 Å². The molecule has 1 heterocycles. The number of carbonyl (C=O) groups excluding carboxylic acids is 1. The summed E-state index contributed by atoms with van der Waals surface area (Å²) >= 11 is 5.93. The lowest BCUT2D eigenvalue weighted by Gasteiger charge is -2.24. The van der Waals surface area contributed by atoms with Crippen LogP contribution in [0.25, 0.3) is 0 Å². The van der Waals surface area contributed by atoms with Crippen LogP contribution in [0.15, 0.2) is 12.1 Å². The lowest BCUT2D eigenvalue weighted by Crippen LogP contribution is -2.22. The van der Waals surface area contributed by atoms with Crippen molar-refractivity contribution in [3.8, 4) is 5.75 Å². The number of benzene rings is 1. The minimum absolute atomic E-state index is 0.147. The standard InChI is InChI=1S/C11H12ClNO3/c1-15-11(14)8-5-6(12)4-7-9(13)2-3-16-10(7)8/h4-5,9H,2-3,13H2,1H3. The largest absolute Gasteiger partial charge is 0.492 e. The van der Waals surface area contributed by atoms with E-state index in [0.717, 1.165) is 5.56 Å². The molecule has 1 atom stereocenters. The molecule has 2 rings (SSSR count). The van der Waals surface area contributed by atoms with Crippen LogP contribution >= 0.6 is 11.6 Å². The van der Waals surface area contributed by atoms with Crippen LogP contribution in [0.1, 0.15) is 28.4 Å². The Labute approximate surface area is 98.3 Å². The molecule has 16 heavy (non-hydrogen) atoms. The fourth-order valence-electron chi connectivity index (χ4n) is 1.76. The van der Waals surface area contributed by atoms with Crippen LogP contribution in [-0.2, 0) is 4.74 Å². The lowest BCUT2D eigenvalue weighted by molar-refractivity contribution is 0.0594. The topological polar surface area (TPSA) is 61.5 Å². The number of methoxy groups -OCH3 is 1. The third kappa shape index (κ3) is 1.86. The summed E-state index contributed by atoms with van der Waals surface area (Å²) in [6.45, 7) is 0.500. The van der Waals surface area contributed by atoms with Crippen molar-refractivity contribution in [1.29, 1.82) is 0 Å². The quantitative estimate of drug-likeness (QED) is 0.763. The van der Waals surface area contributed by atoms with Gasteiger partial charge in [-0.2, -0.15) is 0 Å². The number of halogens is 1. The van der Waals surface area contributed by atoms with Crippen LogP contribution in [0.4, 0.5) is 0 Å². The molecular formula is C11H12ClNO3. The Hall–Kier alpha value is -1.26. The summed E-state index contributed by atoms with van der Waals surface area (Å²) in [6, 6.07) is 3.11. The average molecular weight is 242 g/mol. The summed E-state index contributed by atoms with van der Waals surface area (Å²) in [7, 11) is 1.32. The van der Waals surface area contributed by atoms with Gasteiger partial charge in [-0.3, -0.25) is 0 Å². The molecule has 4 nitrogen and oxygen atoms in total. The molecule has 86 valence electrons. The van der Waals surface area contributed by atoms with Crippen LogP contribution in [0.2, 0.25) is 5.02 Å². The number of hydrogen-bond acceptors (Lipinski definition) is 4. The van der Waals surface area contributed by atoms with Crippen molar-refractivity contribution >= 4 is 17.6 Å². The van der Waals surface area contributed by atoms with Gasteiger partial charge in [0, 0.05) is 23.0 Å². The second-order valence-corrected chi connectivity index (χ2v) is 4.04. The molecule has 0 aliphatic carbocycles. The van der Waals surface area contributed by atoms with E-state index in [1.807, 2.05) is 0 Å². The first kappa shape index (κ1) is 11.2. The molecule has 0 saturated heterocycles. The number of ether oxygens (including phenoxy) is 2. The average Bonchev–Trinajstić information content (AvgIpc) is 2.28. The Balaban J connectivity index is 2.57. The van der Waals surface area contributed by atoms with Crippen molar-refractivity contribution in [3.63, 3.8) is 0 Å². The molecule has 5 heteroatoms. The molecule has 1 aliphatic heterocycles. The van der Waals surface area contributed by atoms with Gasteiger partial charge in [0.25, 0.3) is 0 Å². The number of hydrogen-bond donors (Lipinski definition) is 1. The highest BCUT2D eigenvalue weighted by atomic mass is 35.5. The van der Waals surface area contributed by atoms with Crippen molar-refractivity contribution in [1.82, 2.24) is 0 Å². The Kier molecular flexibility index (Phi) is 3.03. The molecule has 2 N–H and O–H groups in total.